The molecule has 0 spiro atoms. The molecule has 20 heavy (non-hydrogen) atoms. The normalized spacial score (nSPS) is 11.2. The molecule has 2 rings (SSSR count). The van der Waals surface area contributed by atoms with Crippen LogP contribution in [0.25, 0.3) is 0 Å². The molecular formula is C13H12BF3NO2-. The lowest BCUT2D eigenvalue weighted by molar-refractivity contribution is 0.304. The highest BCUT2D eigenvalue weighted by molar-refractivity contribution is 6.73. The zero-order valence-electron chi connectivity index (χ0n) is 10.7. The summed E-state index contributed by atoms with van der Waals surface area (Å²) in [5, 5.41) is 0. The van der Waals surface area contributed by atoms with Gasteiger partial charge in [0.2, 0.25) is 0 Å². The SMILES string of the molecule is COc1cccc(COc2cncc([B-](F)(F)F)c2)c1. The molecule has 1 aromatic heterocycles. The van der Waals surface area contributed by atoms with Crippen LogP contribution in [-0.2, 0) is 6.61 Å². The number of benzene rings is 1. The highest BCUT2D eigenvalue weighted by atomic mass is 19.4. The first-order chi connectivity index (χ1) is 9.49. The molecule has 0 saturated heterocycles. The van der Waals surface area contributed by atoms with Crippen molar-refractivity contribution in [1.29, 1.82) is 0 Å². The maximum absolute atomic E-state index is 12.6. The van der Waals surface area contributed by atoms with Crippen LogP contribution in [0.5, 0.6) is 11.5 Å². The Kier molecular flexibility index (Phi) is 4.17. The van der Waals surface area contributed by atoms with Crippen molar-refractivity contribution in [3.05, 3.63) is 48.3 Å². The molecule has 106 valence electrons. The molecule has 3 nitrogen and oxygen atoms in total. The van der Waals surface area contributed by atoms with E-state index in [0.29, 0.717) is 5.75 Å². The van der Waals surface area contributed by atoms with Crippen molar-refractivity contribution < 1.29 is 22.4 Å². The molecule has 2 aromatic rings. The van der Waals surface area contributed by atoms with E-state index in [4.69, 9.17) is 9.47 Å². The maximum atomic E-state index is 12.6. The van der Waals surface area contributed by atoms with E-state index in [1.54, 1.807) is 31.4 Å². The van der Waals surface area contributed by atoms with E-state index in [-0.39, 0.29) is 12.4 Å². The van der Waals surface area contributed by atoms with Crippen LogP contribution in [-0.4, -0.2) is 19.1 Å². The highest BCUT2D eigenvalue weighted by Gasteiger charge is 2.26. The van der Waals surface area contributed by atoms with Crippen molar-refractivity contribution >= 4 is 12.4 Å². The second-order valence-electron chi connectivity index (χ2n) is 4.17. The first kappa shape index (κ1) is 14.2. The number of aromatic nitrogens is 1. The number of hydrogen-bond acceptors (Lipinski definition) is 3. The van der Waals surface area contributed by atoms with E-state index < -0.39 is 12.4 Å². The number of hydrogen-bond donors (Lipinski definition) is 0. The predicted octanol–water partition coefficient (Wildman–Crippen LogP) is 2.72. The van der Waals surface area contributed by atoms with Gasteiger partial charge in [-0.15, -0.1) is 0 Å². The van der Waals surface area contributed by atoms with Crippen LogP contribution in [0.3, 0.4) is 0 Å². The zero-order chi connectivity index (χ0) is 14.6. The van der Waals surface area contributed by atoms with Gasteiger partial charge in [0.05, 0.1) is 13.3 Å². The number of ether oxygens (including phenoxy) is 2. The summed E-state index contributed by atoms with van der Waals surface area (Å²) in [5.41, 5.74) is 0.0282. The number of pyridine rings is 1. The van der Waals surface area contributed by atoms with Crippen molar-refractivity contribution in [2.75, 3.05) is 7.11 Å². The Balaban J connectivity index is 2.07. The lowest BCUT2D eigenvalue weighted by atomic mass is 9.81. The molecule has 0 radical (unpaired) electrons. The maximum Gasteiger partial charge on any atom is 0.511 e. The fourth-order valence-corrected chi connectivity index (χ4v) is 1.62. The molecule has 0 amide bonds. The minimum absolute atomic E-state index is 0.0875. The molecular weight excluding hydrogens is 270 g/mol. The van der Waals surface area contributed by atoms with Crippen molar-refractivity contribution in [2.24, 2.45) is 0 Å². The van der Waals surface area contributed by atoms with Crippen molar-refractivity contribution in [3.8, 4) is 11.5 Å². The fraction of sp³-hybridized carbons (Fsp3) is 0.154. The summed E-state index contributed by atoms with van der Waals surface area (Å²) in [5.74, 6) is 0.751. The Morgan fingerprint density at radius 1 is 1.10 bits per heavy atom. The van der Waals surface area contributed by atoms with Crippen molar-refractivity contribution in [3.63, 3.8) is 0 Å². The van der Waals surface area contributed by atoms with E-state index in [2.05, 4.69) is 4.98 Å². The molecule has 7 heteroatoms. The third-order valence-corrected chi connectivity index (χ3v) is 2.65. The minimum atomic E-state index is -5.07. The quantitative estimate of drug-likeness (QED) is 0.790. The molecule has 0 N–H and O–H groups in total. The van der Waals surface area contributed by atoms with Gasteiger partial charge in [0.1, 0.15) is 18.1 Å². The fourth-order valence-electron chi connectivity index (χ4n) is 1.62. The Morgan fingerprint density at radius 3 is 2.60 bits per heavy atom. The third kappa shape index (κ3) is 3.66. The smallest absolute Gasteiger partial charge is 0.497 e. The molecule has 0 bridgehead atoms. The molecule has 0 aliphatic rings. The predicted molar refractivity (Wildman–Crippen MR) is 70.3 cm³/mol. The molecule has 1 aromatic carbocycles. The van der Waals surface area contributed by atoms with Crippen LogP contribution >= 0.6 is 0 Å². The first-order valence-electron chi connectivity index (χ1n) is 5.89. The van der Waals surface area contributed by atoms with Crippen LogP contribution in [0, 0.1) is 0 Å². The Labute approximate surface area is 114 Å². The number of methoxy groups -OCH3 is 1. The van der Waals surface area contributed by atoms with Gasteiger partial charge in [-0.25, -0.2) is 0 Å². The molecule has 0 aliphatic heterocycles. The van der Waals surface area contributed by atoms with Gasteiger partial charge in [0, 0.05) is 6.20 Å². The van der Waals surface area contributed by atoms with Crippen LogP contribution in [0.15, 0.2) is 42.7 Å². The van der Waals surface area contributed by atoms with E-state index >= 15 is 0 Å². The Morgan fingerprint density at radius 2 is 1.90 bits per heavy atom. The summed E-state index contributed by atoms with van der Waals surface area (Å²) < 4.78 is 48.1. The molecule has 0 unspecified atom stereocenters. The van der Waals surface area contributed by atoms with Crippen LogP contribution in [0.1, 0.15) is 5.56 Å². The molecule has 0 aliphatic carbocycles. The van der Waals surface area contributed by atoms with Gasteiger partial charge in [-0.05, 0) is 23.8 Å². The number of halogens is 3. The van der Waals surface area contributed by atoms with Gasteiger partial charge in [0.15, 0.2) is 0 Å². The monoisotopic (exact) mass is 282 g/mol. The largest absolute Gasteiger partial charge is 0.511 e. The Bertz CT molecular complexity index is 590. The van der Waals surface area contributed by atoms with Gasteiger partial charge >= 0.3 is 6.98 Å². The van der Waals surface area contributed by atoms with Crippen LogP contribution in [0.4, 0.5) is 12.9 Å². The summed E-state index contributed by atoms with van der Waals surface area (Å²) in [6.45, 7) is -4.92. The van der Waals surface area contributed by atoms with Gasteiger partial charge < -0.3 is 22.4 Å². The number of nitrogens with zero attached hydrogens (tertiary/aromatic N) is 1. The average Bonchev–Trinajstić information content (AvgIpc) is 2.45. The first-order valence-corrected chi connectivity index (χ1v) is 5.89. The second-order valence-corrected chi connectivity index (χ2v) is 4.17. The molecule has 1 heterocycles. The van der Waals surface area contributed by atoms with Crippen molar-refractivity contribution in [1.82, 2.24) is 4.98 Å². The lowest BCUT2D eigenvalue weighted by Crippen LogP contribution is -2.34. The van der Waals surface area contributed by atoms with E-state index in [1.807, 2.05) is 0 Å². The van der Waals surface area contributed by atoms with Crippen molar-refractivity contribution in [2.45, 2.75) is 6.61 Å². The summed E-state index contributed by atoms with van der Waals surface area (Å²) >= 11 is 0. The highest BCUT2D eigenvalue weighted by Crippen LogP contribution is 2.16. The molecule has 0 fully saturated rings. The molecule has 0 atom stereocenters. The summed E-state index contributed by atoms with van der Waals surface area (Å²) in [6, 6.07) is 8.06. The molecule has 0 saturated carbocycles. The van der Waals surface area contributed by atoms with Gasteiger partial charge in [-0.2, -0.15) is 0 Å². The zero-order valence-corrected chi connectivity index (χ0v) is 10.7. The topological polar surface area (TPSA) is 31.4 Å². The second kappa shape index (κ2) is 5.86. The minimum Gasteiger partial charge on any atom is -0.497 e. The van der Waals surface area contributed by atoms with E-state index in [9.17, 15) is 12.9 Å². The summed E-state index contributed by atoms with van der Waals surface area (Å²) in [7, 11) is 1.54. The van der Waals surface area contributed by atoms with Gasteiger partial charge in [-0.3, -0.25) is 4.98 Å². The van der Waals surface area contributed by atoms with Gasteiger partial charge in [-0.1, -0.05) is 17.6 Å². The van der Waals surface area contributed by atoms with E-state index in [1.165, 1.54) is 6.20 Å². The Hall–Kier alpha value is -2.18. The van der Waals surface area contributed by atoms with Crippen LogP contribution in [0.2, 0.25) is 0 Å². The van der Waals surface area contributed by atoms with Crippen LogP contribution < -0.4 is 14.9 Å². The number of rotatable bonds is 5. The van der Waals surface area contributed by atoms with E-state index in [0.717, 1.165) is 17.8 Å². The lowest BCUT2D eigenvalue weighted by Gasteiger charge is -2.15. The van der Waals surface area contributed by atoms with Gasteiger partial charge in [0.25, 0.3) is 0 Å². The summed E-state index contributed by atoms with van der Waals surface area (Å²) in [6.07, 6.45) is 2.05. The standard InChI is InChI=1S/C13H12BF3NO2/c1-19-12-4-2-3-10(5-12)9-20-13-6-11(7-18-8-13)14(15,16)17/h2-8H,9H2,1H3/q-1. The summed E-state index contributed by atoms with van der Waals surface area (Å²) in [4.78, 5) is 3.54. The average molecular weight is 282 g/mol. The third-order valence-electron chi connectivity index (χ3n) is 2.65.